The topological polar surface area (TPSA) is 17.3 Å². The molecule has 0 unspecified atom stereocenters. The highest BCUT2D eigenvalue weighted by Gasteiger charge is 2.18. The van der Waals surface area contributed by atoms with Gasteiger partial charge in [0.15, 0.2) is 0 Å². The van der Waals surface area contributed by atoms with Gasteiger partial charge in [-0.25, -0.2) is 0 Å². The van der Waals surface area contributed by atoms with E-state index in [4.69, 9.17) is 4.98 Å². The van der Waals surface area contributed by atoms with Gasteiger partial charge in [-0.1, -0.05) is 60.7 Å². The van der Waals surface area contributed by atoms with E-state index in [-0.39, 0.29) is 0 Å². The molecule has 2 heteroatoms. The third-order valence-electron chi connectivity index (χ3n) is 5.94. The zero-order valence-corrected chi connectivity index (χ0v) is 14.5. The van der Waals surface area contributed by atoms with Crippen LogP contribution in [-0.2, 0) is 0 Å². The molecule has 0 saturated heterocycles. The Labute approximate surface area is 154 Å². The van der Waals surface area contributed by atoms with Gasteiger partial charge in [0.2, 0.25) is 0 Å². The lowest BCUT2D eigenvalue weighted by molar-refractivity contribution is 1.35. The predicted molar refractivity (Wildman–Crippen MR) is 114 cm³/mol. The molecule has 7 rings (SSSR count). The third-order valence-corrected chi connectivity index (χ3v) is 5.94. The molecule has 0 fully saturated rings. The quantitative estimate of drug-likeness (QED) is 0.226. The third kappa shape index (κ3) is 1.51. The van der Waals surface area contributed by atoms with Crippen molar-refractivity contribution in [2.45, 2.75) is 0 Å². The predicted octanol–water partition coefficient (Wildman–Crippen LogP) is 6.54. The van der Waals surface area contributed by atoms with Gasteiger partial charge in [0.25, 0.3) is 0 Å². The monoisotopic (exact) mass is 342 g/mol. The summed E-state index contributed by atoms with van der Waals surface area (Å²) in [6, 6.07) is 28.4. The van der Waals surface area contributed by atoms with Crippen molar-refractivity contribution in [3.8, 4) is 0 Å². The molecule has 27 heavy (non-hydrogen) atoms. The summed E-state index contributed by atoms with van der Waals surface area (Å²) in [5.74, 6) is 0. The van der Waals surface area contributed by atoms with E-state index in [1.807, 2.05) is 6.20 Å². The Hall–Kier alpha value is -3.65. The van der Waals surface area contributed by atoms with E-state index in [1.165, 1.54) is 54.3 Å². The lowest BCUT2D eigenvalue weighted by Crippen LogP contribution is -1.94. The number of fused-ring (bicyclic) bond motifs is 7. The van der Waals surface area contributed by atoms with E-state index in [0.717, 1.165) is 5.52 Å². The van der Waals surface area contributed by atoms with Gasteiger partial charge in [0.1, 0.15) is 0 Å². The van der Waals surface area contributed by atoms with Gasteiger partial charge < -0.3 is 4.40 Å². The zero-order chi connectivity index (χ0) is 17.5. The van der Waals surface area contributed by atoms with Gasteiger partial charge in [-0.15, -0.1) is 0 Å². The molecule has 3 heterocycles. The molecule has 0 aliphatic carbocycles. The molecule has 124 valence electrons. The molecule has 7 aromatic rings. The molecule has 0 atom stereocenters. The Morgan fingerprint density at radius 1 is 0.593 bits per heavy atom. The molecule has 0 amide bonds. The van der Waals surface area contributed by atoms with Crippen molar-refractivity contribution in [1.82, 2.24) is 9.38 Å². The van der Waals surface area contributed by atoms with Crippen molar-refractivity contribution in [3.63, 3.8) is 0 Å². The van der Waals surface area contributed by atoms with Crippen molar-refractivity contribution >= 4 is 59.8 Å². The van der Waals surface area contributed by atoms with Crippen LogP contribution in [0.5, 0.6) is 0 Å². The first kappa shape index (κ1) is 13.5. The van der Waals surface area contributed by atoms with E-state index in [9.17, 15) is 0 Å². The number of aromatic nitrogens is 2. The van der Waals surface area contributed by atoms with Crippen molar-refractivity contribution in [3.05, 3.63) is 85.1 Å². The summed E-state index contributed by atoms with van der Waals surface area (Å²) in [7, 11) is 0. The fourth-order valence-corrected chi connectivity index (χ4v) is 4.87. The highest BCUT2D eigenvalue weighted by atomic mass is 14.9. The maximum atomic E-state index is 4.80. The average Bonchev–Trinajstić information content (AvgIpc) is 3.07. The standard InChI is InChI=1S/C25H14N2/c1-2-7-16-15(6-1)14-22-23-18(12-13-26-24(16)23)20-10-5-9-19-17-8-3-4-11-21(17)27(22)25(19)20/h1-14H. The molecule has 0 aliphatic heterocycles. The van der Waals surface area contributed by atoms with Gasteiger partial charge in [0, 0.05) is 33.1 Å². The van der Waals surface area contributed by atoms with E-state index in [0.29, 0.717) is 0 Å². The van der Waals surface area contributed by atoms with Crippen LogP contribution in [0.25, 0.3) is 59.8 Å². The number of pyridine rings is 2. The number of nitrogens with zero attached hydrogens (tertiary/aromatic N) is 2. The van der Waals surface area contributed by atoms with Crippen LogP contribution in [0.4, 0.5) is 0 Å². The number of benzene rings is 4. The van der Waals surface area contributed by atoms with Crippen LogP contribution < -0.4 is 0 Å². The molecular weight excluding hydrogens is 328 g/mol. The number of hydrogen-bond donors (Lipinski definition) is 0. The maximum absolute atomic E-state index is 4.80. The summed E-state index contributed by atoms with van der Waals surface area (Å²) in [5, 5.41) is 8.88. The molecular formula is C25H14N2. The van der Waals surface area contributed by atoms with Crippen LogP contribution in [0.1, 0.15) is 0 Å². The summed E-state index contributed by atoms with van der Waals surface area (Å²) >= 11 is 0. The van der Waals surface area contributed by atoms with E-state index in [1.54, 1.807) is 0 Å². The summed E-state index contributed by atoms with van der Waals surface area (Å²) in [6.07, 6.45) is 1.95. The van der Waals surface area contributed by atoms with Crippen LogP contribution in [0.15, 0.2) is 85.1 Å². The molecule has 0 spiro atoms. The largest absolute Gasteiger partial charge is 0.308 e. The summed E-state index contributed by atoms with van der Waals surface area (Å²) in [5.41, 5.74) is 4.87. The first-order valence-corrected chi connectivity index (χ1v) is 9.25. The first-order chi connectivity index (χ1) is 13.4. The van der Waals surface area contributed by atoms with Gasteiger partial charge >= 0.3 is 0 Å². The second-order valence-electron chi connectivity index (χ2n) is 7.25. The van der Waals surface area contributed by atoms with Crippen LogP contribution in [0, 0.1) is 0 Å². The Bertz CT molecular complexity index is 1670. The Morgan fingerprint density at radius 2 is 1.33 bits per heavy atom. The molecule has 0 N–H and O–H groups in total. The lowest BCUT2D eigenvalue weighted by atomic mass is 9.98. The molecule has 2 nitrogen and oxygen atoms in total. The second-order valence-corrected chi connectivity index (χ2v) is 7.25. The minimum Gasteiger partial charge on any atom is -0.308 e. The second kappa shape index (κ2) is 4.54. The summed E-state index contributed by atoms with van der Waals surface area (Å²) in [4.78, 5) is 4.80. The number of para-hydroxylation sites is 2. The molecule has 4 aromatic carbocycles. The van der Waals surface area contributed by atoms with Crippen LogP contribution in [0.3, 0.4) is 0 Å². The van der Waals surface area contributed by atoms with Crippen molar-refractivity contribution < 1.29 is 0 Å². The smallest absolute Gasteiger partial charge is 0.0807 e. The SMILES string of the molecule is c1ccc2c(c1)cc1c3c(ccnc23)c2cccc3c4ccccc4n1c23. The zero-order valence-electron chi connectivity index (χ0n) is 14.5. The fourth-order valence-electron chi connectivity index (χ4n) is 4.87. The van der Waals surface area contributed by atoms with Gasteiger partial charge in [-0.2, -0.15) is 0 Å². The first-order valence-electron chi connectivity index (χ1n) is 9.25. The van der Waals surface area contributed by atoms with Gasteiger partial charge in [0.05, 0.1) is 22.1 Å². The Morgan fingerprint density at radius 3 is 2.26 bits per heavy atom. The molecule has 0 radical (unpaired) electrons. The molecule has 3 aromatic heterocycles. The average molecular weight is 342 g/mol. The summed E-state index contributed by atoms with van der Waals surface area (Å²) < 4.78 is 2.43. The van der Waals surface area contributed by atoms with Crippen molar-refractivity contribution in [2.24, 2.45) is 0 Å². The Balaban J connectivity index is 1.98. The van der Waals surface area contributed by atoms with Crippen molar-refractivity contribution in [2.75, 3.05) is 0 Å². The molecule has 0 bridgehead atoms. The fraction of sp³-hybridized carbons (Fsp3) is 0. The maximum Gasteiger partial charge on any atom is 0.0807 e. The van der Waals surface area contributed by atoms with E-state index >= 15 is 0 Å². The minimum absolute atomic E-state index is 1.08. The van der Waals surface area contributed by atoms with E-state index < -0.39 is 0 Å². The lowest BCUT2D eigenvalue weighted by Gasteiger charge is -2.14. The number of rotatable bonds is 0. The van der Waals surface area contributed by atoms with Crippen LogP contribution in [0.2, 0.25) is 0 Å². The Kier molecular flexibility index (Phi) is 2.28. The van der Waals surface area contributed by atoms with Crippen molar-refractivity contribution in [1.29, 1.82) is 0 Å². The minimum atomic E-state index is 1.08. The highest BCUT2D eigenvalue weighted by molar-refractivity contribution is 6.29. The molecule has 0 aliphatic rings. The summed E-state index contributed by atoms with van der Waals surface area (Å²) in [6.45, 7) is 0. The van der Waals surface area contributed by atoms with Crippen LogP contribution >= 0.6 is 0 Å². The molecule has 0 saturated carbocycles. The van der Waals surface area contributed by atoms with Gasteiger partial charge in [-0.3, -0.25) is 4.98 Å². The van der Waals surface area contributed by atoms with E-state index in [2.05, 4.69) is 83.3 Å². The van der Waals surface area contributed by atoms with Gasteiger partial charge in [-0.05, 0) is 29.0 Å². The van der Waals surface area contributed by atoms with Crippen LogP contribution in [-0.4, -0.2) is 9.38 Å². The normalized spacial score (nSPS) is 12.4. The number of hydrogen-bond acceptors (Lipinski definition) is 1. The highest BCUT2D eigenvalue weighted by Crippen LogP contribution is 2.41.